The van der Waals surface area contributed by atoms with Crippen molar-refractivity contribution in [3.8, 4) is 5.75 Å². The van der Waals surface area contributed by atoms with Crippen LogP contribution in [0, 0.1) is 0 Å². The number of likely N-dealkylation sites (N-methyl/N-ethyl adjacent to an activating group) is 1. The number of primary amides is 1. The Morgan fingerprint density at radius 3 is 2.70 bits per heavy atom. The number of nitrogen functional groups attached to an aromatic ring is 1. The van der Waals surface area contributed by atoms with E-state index in [1.165, 1.54) is 18.4 Å². The van der Waals surface area contributed by atoms with Gasteiger partial charge in [-0.2, -0.15) is 0 Å². The number of carbonyl (C=O) groups is 1. The van der Waals surface area contributed by atoms with Crippen LogP contribution >= 0.6 is 11.3 Å². The molecule has 0 fully saturated rings. The van der Waals surface area contributed by atoms with Gasteiger partial charge in [-0.05, 0) is 20.4 Å². The molecule has 20 heavy (non-hydrogen) atoms. The molecule has 1 aromatic heterocycles. The predicted molar refractivity (Wildman–Crippen MR) is 84.7 cm³/mol. The number of nitrogens with one attached hydrogen (secondary N) is 1. The van der Waals surface area contributed by atoms with E-state index in [1.54, 1.807) is 0 Å². The number of nitrogens with two attached hydrogens (primary N) is 2. The molecule has 1 amide bonds. The molecule has 0 aromatic carbocycles. The summed E-state index contributed by atoms with van der Waals surface area (Å²) in [6.45, 7) is 5.99. The largest absolute Gasteiger partial charge is 0.492 e. The van der Waals surface area contributed by atoms with Gasteiger partial charge in [0, 0.05) is 19.1 Å². The molecule has 7 heteroatoms. The quantitative estimate of drug-likeness (QED) is 0.677. The fourth-order valence-electron chi connectivity index (χ4n) is 1.81. The summed E-state index contributed by atoms with van der Waals surface area (Å²) in [6.07, 6.45) is 1.11. The number of nitrogens with zero attached hydrogens (tertiary/aromatic N) is 1. The van der Waals surface area contributed by atoms with Gasteiger partial charge < -0.3 is 26.4 Å². The molecule has 0 saturated heterocycles. The van der Waals surface area contributed by atoms with Crippen molar-refractivity contribution in [2.24, 2.45) is 5.73 Å². The summed E-state index contributed by atoms with van der Waals surface area (Å²) in [5, 5.41) is 4.00. The van der Waals surface area contributed by atoms with E-state index in [0.29, 0.717) is 22.4 Å². The summed E-state index contributed by atoms with van der Waals surface area (Å²) in [5.74, 6) is -0.0365. The maximum absolute atomic E-state index is 11.3. The van der Waals surface area contributed by atoms with Gasteiger partial charge in [0.25, 0.3) is 5.91 Å². The van der Waals surface area contributed by atoms with Gasteiger partial charge in [0.1, 0.15) is 15.6 Å². The lowest BCUT2D eigenvalue weighted by Crippen LogP contribution is -2.32. The maximum atomic E-state index is 11.3. The number of ether oxygens (including phenoxy) is 1. The second-order valence-electron chi connectivity index (χ2n) is 4.74. The van der Waals surface area contributed by atoms with Gasteiger partial charge >= 0.3 is 0 Å². The van der Waals surface area contributed by atoms with Crippen LogP contribution in [0.15, 0.2) is 0 Å². The van der Waals surface area contributed by atoms with Gasteiger partial charge in [0.2, 0.25) is 0 Å². The summed E-state index contributed by atoms with van der Waals surface area (Å²) in [7, 11) is 3.62. The van der Waals surface area contributed by atoms with E-state index in [-0.39, 0.29) is 0 Å². The minimum Gasteiger partial charge on any atom is -0.492 e. The van der Waals surface area contributed by atoms with Crippen LogP contribution in [-0.2, 0) is 0 Å². The van der Waals surface area contributed by atoms with Gasteiger partial charge in [-0.15, -0.1) is 11.3 Å². The number of hydrogen-bond donors (Lipinski definition) is 3. The Labute approximate surface area is 124 Å². The molecule has 0 aliphatic rings. The fourth-order valence-corrected chi connectivity index (χ4v) is 2.78. The molecule has 1 aromatic rings. The van der Waals surface area contributed by atoms with E-state index in [2.05, 4.69) is 31.1 Å². The van der Waals surface area contributed by atoms with E-state index in [4.69, 9.17) is 16.2 Å². The average Bonchev–Trinajstić information content (AvgIpc) is 2.74. The Balaban J connectivity index is 2.69. The van der Waals surface area contributed by atoms with Gasteiger partial charge in [0.05, 0.1) is 7.11 Å². The molecular weight excluding hydrogens is 276 g/mol. The van der Waals surface area contributed by atoms with E-state index in [0.717, 1.165) is 24.5 Å². The second-order valence-corrected chi connectivity index (χ2v) is 5.76. The highest BCUT2D eigenvalue weighted by atomic mass is 32.1. The Hall–Kier alpha value is -1.47. The van der Waals surface area contributed by atoms with Gasteiger partial charge in [-0.3, -0.25) is 4.79 Å². The highest BCUT2D eigenvalue weighted by molar-refractivity contribution is 7.19. The minimum atomic E-state index is -0.532. The monoisotopic (exact) mass is 300 g/mol. The van der Waals surface area contributed by atoms with Crippen LogP contribution in [0.25, 0.3) is 0 Å². The maximum Gasteiger partial charge on any atom is 0.261 e. The average molecular weight is 300 g/mol. The molecule has 0 bridgehead atoms. The van der Waals surface area contributed by atoms with Gasteiger partial charge in [-0.25, -0.2) is 0 Å². The first-order chi connectivity index (χ1) is 9.42. The predicted octanol–water partition coefficient (Wildman–Crippen LogP) is 1.58. The van der Waals surface area contributed by atoms with Crippen molar-refractivity contribution in [1.82, 2.24) is 4.90 Å². The van der Waals surface area contributed by atoms with Crippen molar-refractivity contribution in [1.29, 1.82) is 0 Å². The number of rotatable bonds is 8. The third kappa shape index (κ3) is 3.77. The van der Waals surface area contributed by atoms with Crippen LogP contribution in [-0.4, -0.2) is 44.1 Å². The number of anilines is 2. The zero-order chi connectivity index (χ0) is 15.3. The zero-order valence-corrected chi connectivity index (χ0v) is 13.3. The molecule has 5 N–H and O–H groups in total. The van der Waals surface area contributed by atoms with Crippen molar-refractivity contribution < 1.29 is 9.53 Å². The molecule has 0 spiro atoms. The van der Waals surface area contributed by atoms with Crippen molar-refractivity contribution in [3.05, 3.63) is 4.88 Å². The fraction of sp³-hybridized carbons (Fsp3) is 0.615. The molecular formula is C13H24N4O2S. The second kappa shape index (κ2) is 7.35. The number of methoxy groups -OCH3 is 1. The van der Waals surface area contributed by atoms with Crippen LogP contribution < -0.4 is 21.5 Å². The molecule has 114 valence electrons. The van der Waals surface area contributed by atoms with Crippen LogP contribution in [0.2, 0.25) is 0 Å². The van der Waals surface area contributed by atoms with E-state index in [9.17, 15) is 4.79 Å². The lowest BCUT2D eigenvalue weighted by molar-refractivity contribution is 0.100. The first-order valence-electron chi connectivity index (χ1n) is 6.62. The van der Waals surface area contributed by atoms with Crippen LogP contribution in [0.4, 0.5) is 10.7 Å². The lowest BCUT2D eigenvalue weighted by Gasteiger charge is -2.23. The van der Waals surface area contributed by atoms with Crippen molar-refractivity contribution in [3.63, 3.8) is 0 Å². The van der Waals surface area contributed by atoms with Gasteiger partial charge in [0.15, 0.2) is 5.75 Å². The third-order valence-corrected chi connectivity index (χ3v) is 4.58. The Morgan fingerprint density at radius 1 is 1.55 bits per heavy atom. The van der Waals surface area contributed by atoms with Crippen LogP contribution in [0.5, 0.6) is 5.75 Å². The molecule has 6 nitrogen and oxygen atoms in total. The molecule has 0 saturated carbocycles. The topological polar surface area (TPSA) is 93.6 Å². The Morgan fingerprint density at radius 2 is 2.20 bits per heavy atom. The molecule has 0 radical (unpaired) electrons. The molecule has 0 aliphatic heterocycles. The van der Waals surface area contributed by atoms with E-state index in [1.807, 2.05) is 0 Å². The number of amides is 1. The Bertz CT molecular complexity index is 461. The van der Waals surface area contributed by atoms with Crippen molar-refractivity contribution in [2.75, 3.05) is 38.3 Å². The minimum absolute atomic E-state index is 0.308. The molecule has 0 aliphatic carbocycles. The van der Waals surface area contributed by atoms with Crippen molar-refractivity contribution in [2.45, 2.75) is 26.3 Å². The van der Waals surface area contributed by atoms with Crippen LogP contribution in [0.3, 0.4) is 0 Å². The smallest absolute Gasteiger partial charge is 0.261 e. The van der Waals surface area contributed by atoms with Crippen molar-refractivity contribution >= 4 is 27.9 Å². The SMILES string of the molecule is CCC(C)N(C)CCNc1sc(C(N)=O)c(N)c1OC. The summed E-state index contributed by atoms with van der Waals surface area (Å²) in [5.41, 5.74) is 11.4. The summed E-state index contributed by atoms with van der Waals surface area (Å²) in [6, 6.07) is 0.535. The third-order valence-electron chi connectivity index (χ3n) is 3.42. The van der Waals surface area contributed by atoms with E-state index < -0.39 is 5.91 Å². The Kier molecular flexibility index (Phi) is 6.09. The number of carbonyl (C=O) groups excluding carboxylic acids is 1. The lowest BCUT2D eigenvalue weighted by atomic mass is 10.2. The molecule has 1 atom stereocenters. The zero-order valence-electron chi connectivity index (χ0n) is 12.5. The highest BCUT2D eigenvalue weighted by Crippen LogP contribution is 2.41. The van der Waals surface area contributed by atoms with E-state index >= 15 is 0 Å². The number of thiophene rings is 1. The van der Waals surface area contributed by atoms with Crippen LogP contribution in [0.1, 0.15) is 29.9 Å². The highest BCUT2D eigenvalue weighted by Gasteiger charge is 2.20. The first kappa shape index (κ1) is 16.6. The summed E-state index contributed by atoms with van der Waals surface area (Å²) >= 11 is 1.23. The van der Waals surface area contributed by atoms with Gasteiger partial charge in [-0.1, -0.05) is 6.92 Å². The standard InChI is InChI=1S/C13H24N4O2S/c1-5-8(2)17(3)7-6-16-13-10(19-4)9(14)11(20-13)12(15)18/h8,16H,5-7,14H2,1-4H3,(H2,15,18). The first-order valence-corrected chi connectivity index (χ1v) is 7.44. The number of hydrogen-bond acceptors (Lipinski definition) is 6. The normalized spacial score (nSPS) is 12.4. The summed E-state index contributed by atoms with van der Waals surface area (Å²) in [4.78, 5) is 13.9. The molecule has 1 heterocycles. The molecule has 1 unspecified atom stereocenters. The molecule has 1 rings (SSSR count). The summed E-state index contributed by atoms with van der Waals surface area (Å²) < 4.78 is 5.23.